The third-order valence-corrected chi connectivity index (χ3v) is 6.12. The fraction of sp³-hybridized carbons (Fsp3) is 1.00. The number of halogens is 14. The van der Waals surface area contributed by atoms with Gasteiger partial charge in [0.1, 0.15) is 0 Å². The monoisotopic (exact) mass is 506 g/mol. The Kier molecular flexibility index (Phi) is 4.71. The number of hydrogen-bond acceptors (Lipinski definition) is 4. The molecule has 18 heteroatoms. The molecule has 4 rings (SSSR count). The van der Waals surface area contributed by atoms with E-state index in [-0.39, 0.29) is 0 Å². The molecule has 0 amide bonds. The van der Waals surface area contributed by atoms with Crippen molar-refractivity contribution in [2.24, 2.45) is 11.5 Å². The van der Waals surface area contributed by atoms with Gasteiger partial charge < -0.3 is 20.9 Å². The molecule has 0 spiro atoms. The van der Waals surface area contributed by atoms with Gasteiger partial charge in [-0.15, -0.1) is 0 Å². The van der Waals surface area contributed by atoms with Gasteiger partial charge in [-0.05, 0) is 0 Å². The van der Waals surface area contributed by atoms with Crippen molar-refractivity contribution < 1.29 is 70.9 Å². The third-order valence-electron chi connectivity index (χ3n) is 6.12. The molecule has 0 aromatic rings. The molecule has 0 aromatic heterocycles. The highest BCUT2D eigenvalue weighted by atomic mass is 19.3. The van der Waals surface area contributed by atoms with Gasteiger partial charge in [-0.3, -0.25) is 0 Å². The topological polar surface area (TPSA) is 70.5 Å². The van der Waals surface area contributed by atoms with E-state index in [1.165, 1.54) is 0 Å². The van der Waals surface area contributed by atoms with E-state index in [0.717, 1.165) is 0 Å². The first-order valence-corrected chi connectivity index (χ1v) is 8.45. The second-order valence-corrected chi connectivity index (χ2v) is 7.40. The molecule has 0 aromatic carbocycles. The number of ether oxygens (including phenoxy) is 2. The molecular weight excluding hydrogens is 494 g/mol. The average molecular weight is 506 g/mol. The highest BCUT2D eigenvalue weighted by molar-refractivity contribution is 5.54. The highest BCUT2D eigenvalue weighted by Gasteiger charge is 3.23. The van der Waals surface area contributed by atoms with Crippen molar-refractivity contribution in [3.8, 4) is 0 Å². The van der Waals surface area contributed by atoms with Crippen molar-refractivity contribution in [1.82, 2.24) is 0 Å². The molecule has 4 saturated carbocycles. The van der Waals surface area contributed by atoms with E-state index in [1.54, 1.807) is 0 Å². The predicted octanol–water partition coefficient (Wildman–Crippen LogP) is 2.68. The maximum absolute atomic E-state index is 15.2. The Bertz CT molecular complexity index is 721. The first-order valence-electron chi connectivity index (χ1n) is 8.45. The first kappa shape index (κ1) is 25.5. The van der Waals surface area contributed by atoms with Gasteiger partial charge in [-0.1, -0.05) is 0 Å². The van der Waals surface area contributed by atoms with Gasteiger partial charge in [0.15, 0.2) is 0 Å². The van der Waals surface area contributed by atoms with Crippen LogP contribution in [0.25, 0.3) is 0 Å². The van der Waals surface area contributed by atoms with Crippen LogP contribution in [-0.2, 0) is 9.47 Å². The van der Waals surface area contributed by atoms with Crippen LogP contribution in [0.5, 0.6) is 0 Å². The maximum atomic E-state index is 15.2. The minimum absolute atomic E-state index is 1.29. The second kappa shape index (κ2) is 5.91. The van der Waals surface area contributed by atoms with Gasteiger partial charge in [0, 0.05) is 13.1 Å². The zero-order valence-corrected chi connectivity index (χ0v) is 15.1. The number of hydrogen-bond donors (Lipinski definition) is 2. The Hall–Kier alpha value is -1.14. The summed E-state index contributed by atoms with van der Waals surface area (Å²) < 4.78 is 215. The molecule has 4 nitrogen and oxygen atoms in total. The van der Waals surface area contributed by atoms with E-state index < -0.39 is 84.4 Å². The summed E-state index contributed by atoms with van der Waals surface area (Å²) in [6.45, 7) is -6.49. The minimum atomic E-state index is -7.67. The maximum Gasteiger partial charge on any atom is 0.339 e. The summed E-state index contributed by atoms with van der Waals surface area (Å²) >= 11 is 0. The molecule has 4 aliphatic rings. The summed E-state index contributed by atoms with van der Waals surface area (Å²) in [6.07, 6.45) is 0. The van der Waals surface area contributed by atoms with Crippen LogP contribution >= 0.6 is 0 Å². The zero-order valence-electron chi connectivity index (χ0n) is 15.1. The zero-order chi connectivity index (χ0) is 25.2. The lowest BCUT2D eigenvalue weighted by Crippen LogP contribution is -3.11. The van der Waals surface area contributed by atoms with Crippen LogP contribution in [0, 0.1) is 0 Å². The van der Waals surface area contributed by atoms with Crippen LogP contribution < -0.4 is 11.5 Å². The van der Waals surface area contributed by atoms with Crippen molar-refractivity contribution in [3.63, 3.8) is 0 Å². The first-order chi connectivity index (χ1) is 14.1. The Balaban J connectivity index is 2.66. The van der Waals surface area contributed by atoms with Crippen LogP contribution in [0.1, 0.15) is 0 Å². The van der Waals surface area contributed by atoms with Crippen molar-refractivity contribution in [3.05, 3.63) is 0 Å². The number of alkyl halides is 14. The normalized spacial score (nSPS) is 45.8. The molecule has 0 saturated heterocycles. The van der Waals surface area contributed by atoms with Crippen molar-refractivity contribution >= 4 is 0 Å². The summed E-state index contributed by atoms with van der Waals surface area (Å²) in [6, 6.07) is 0. The predicted molar refractivity (Wildman–Crippen MR) is 72.8 cm³/mol. The molecule has 4 bridgehead atoms. The summed E-state index contributed by atoms with van der Waals surface area (Å²) in [5.74, 6) is -44.4. The van der Waals surface area contributed by atoms with Crippen LogP contribution in [-0.4, -0.2) is 84.4 Å². The third kappa shape index (κ3) is 1.64. The molecule has 32 heavy (non-hydrogen) atoms. The van der Waals surface area contributed by atoms with Gasteiger partial charge in [0.05, 0.1) is 13.2 Å². The van der Waals surface area contributed by atoms with Crippen molar-refractivity contribution in [1.29, 1.82) is 0 Å². The molecule has 0 aliphatic heterocycles. The Morgan fingerprint density at radius 1 is 0.406 bits per heavy atom. The summed E-state index contributed by atoms with van der Waals surface area (Å²) in [4.78, 5) is 0. The molecule has 188 valence electrons. The lowest BCUT2D eigenvalue weighted by atomic mass is 9.39. The van der Waals surface area contributed by atoms with Crippen LogP contribution in [0.2, 0.25) is 0 Å². The minimum Gasteiger partial charge on any atom is -0.356 e. The van der Waals surface area contributed by atoms with Gasteiger partial charge in [-0.25, -0.2) is 8.78 Å². The van der Waals surface area contributed by atoms with Crippen LogP contribution in [0.15, 0.2) is 0 Å². The summed E-state index contributed by atoms with van der Waals surface area (Å²) in [5.41, 5.74) is -18.7. The number of nitrogens with two attached hydrogens (primary N) is 2. The standard InChI is InChI=1S/C14H12F14N2O2/c15-5-9(17,18)6(16)11(21,22)7(10(5,19)20,31-3-1-29)14(27,28)8(12(5,23)24,13(6,25)26)32-4-2-30/h1-4,29-30H2. The van der Waals surface area contributed by atoms with E-state index in [4.69, 9.17) is 11.5 Å². The molecule has 0 radical (unpaired) electrons. The Labute approximate surface area is 168 Å². The van der Waals surface area contributed by atoms with Gasteiger partial charge >= 0.3 is 46.9 Å². The van der Waals surface area contributed by atoms with Gasteiger partial charge in [-0.2, -0.15) is 52.7 Å². The van der Waals surface area contributed by atoms with Crippen molar-refractivity contribution in [2.45, 2.75) is 58.1 Å². The number of rotatable bonds is 6. The summed E-state index contributed by atoms with van der Waals surface area (Å²) in [5, 5.41) is 0. The van der Waals surface area contributed by atoms with Crippen LogP contribution in [0.4, 0.5) is 61.5 Å². The molecule has 4 N–H and O–H groups in total. The fourth-order valence-corrected chi connectivity index (χ4v) is 4.79. The quantitative estimate of drug-likeness (QED) is 0.544. The smallest absolute Gasteiger partial charge is 0.339 e. The van der Waals surface area contributed by atoms with Gasteiger partial charge in [0.2, 0.25) is 0 Å². The fourth-order valence-electron chi connectivity index (χ4n) is 4.79. The second-order valence-electron chi connectivity index (χ2n) is 7.40. The largest absolute Gasteiger partial charge is 0.356 e. The van der Waals surface area contributed by atoms with Crippen molar-refractivity contribution in [2.75, 3.05) is 26.3 Å². The SMILES string of the molecule is NCCOC12C(F)(F)C3(F)C(F)(F)C(F)(C1(F)F)C(F)(F)C(OCCN)(C3(F)F)C2(F)F. The lowest BCUT2D eigenvalue weighted by molar-refractivity contribution is -0.629. The van der Waals surface area contributed by atoms with Crippen LogP contribution in [0.3, 0.4) is 0 Å². The van der Waals surface area contributed by atoms with E-state index >= 15 is 17.6 Å². The Morgan fingerprint density at radius 2 is 0.656 bits per heavy atom. The highest BCUT2D eigenvalue weighted by Crippen LogP contribution is 2.88. The molecule has 4 fully saturated rings. The molecule has 4 aliphatic carbocycles. The molecule has 0 heterocycles. The van der Waals surface area contributed by atoms with E-state index in [9.17, 15) is 43.9 Å². The van der Waals surface area contributed by atoms with E-state index in [1.807, 2.05) is 0 Å². The summed E-state index contributed by atoms with van der Waals surface area (Å²) in [7, 11) is 0. The lowest BCUT2D eigenvalue weighted by Gasteiger charge is -2.76. The molecular formula is C14H12F14N2O2. The van der Waals surface area contributed by atoms with E-state index in [2.05, 4.69) is 9.47 Å². The van der Waals surface area contributed by atoms with Gasteiger partial charge in [0.25, 0.3) is 11.2 Å². The average Bonchev–Trinajstić information content (AvgIpc) is 2.63. The van der Waals surface area contributed by atoms with E-state index in [0.29, 0.717) is 0 Å². The Morgan fingerprint density at radius 3 is 0.875 bits per heavy atom. The molecule has 0 unspecified atom stereocenters. The molecule has 0 atom stereocenters.